The Balaban J connectivity index is 1.56. The van der Waals surface area contributed by atoms with Gasteiger partial charge in [-0.3, -0.25) is 4.79 Å². The van der Waals surface area contributed by atoms with Gasteiger partial charge in [0.15, 0.2) is 12.4 Å². The molecule has 3 rings (SSSR count). The number of benzene rings is 2. The van der Waals surface area contributed by atoms with Gasteiger partial charge in [0.05, 0.1) is 5.69 Å². The van der Waals surface area contributed by atoms with E-state index in [-0.39, 0.29) is 12.5 Å². The van der Waals surface area contributed by atoms with Crippen LogP contribution in [0.4, 0.5) is 5.82 Å². The maximum Gasteiger partial charge on any atom is 0.263 e. The zero-order chi connectivity index (χ0) is 16.1. The zero-order valence-electron chi connectivity index (χ0n) is 12.1. The molecule has 0 unspecified atom stereocenters. The third-order valence-corrected chi connectivity index (χ3v) is 3.31. The number of carbonyl (C=O) groups is 1. The molecule has 0 bridgehead atoms. The summed E-state index contributed by atoms with van der Waals surface area (Å²) in [4.78, 5) is 11.9. The number of rotatable bonds is 5. The van der Waals surface area contributed by atoms with E-state index in [0.29, 0.717) is 16.6 Å². The summed E-state index contributed by atoms with van der Waals surface area (Å²) in [7, 11) is 0. The van der Waals surface area contributed by atoms with Crippen LogP contribution in [-0.2, 0) is 4.79 Å². The van der Waals surface area contributed by atoms with Crippen molar-refractivity contribution in [3.8, 4) is 11.4 Å². The summed E-state index contributed by atoms with van der Waals surface area (Å²) in [5, 5.41) is 7.61. The lowest BCUT2D eigenvalue weighted by Crippen LogP contribution is -2.20. The molecule has 0 aliphatic carbocycles. The quantitative estimate of drug-likeness (QED) is 0.779. The van der Waals surface area contributed by atoms with Crippen LogP contribution in [0.2, 0.25) is 5.02 Å². The lowest BCUT2D eigenvalue weighted by atomic mass is 10.3. The number of carbonyl (C=O) groups excluding carboxylic acids is 1. The zero-order valence-corrected chi connectivity index (χ0v) is 12.9. The topological polar surface area (TPSA) is 56.1 Å². The molecule has 5 nitrogen and oxygen atoms in total. The Morgan fingerprint density at radius 3 is 2.57 bits per heavy atom. The Kier molecular flexibility index (Phi) is 4.59. The lowest BCUT2D eigenvalue weighted by molar-refractivity contribution is -0.118. The predicted octanol–water partition coefficient (Wildman–Crippen LogP) is 3.54. The van der Waals surface area contributed by atoms with Crippen LogP contribution in [0.25, 0.3) is 5.69 Å². The van der Waals surface area contributed by atoms with Crippen LogP contribution in [-0.4, -0.2) is 22.3 Å². The second kappa shape index (κ2) is 6.98. The summed E-state index contributed by atoms with van der Waals surface area (Å²) in [5.41, 5.74) is 0.922. The highest BCUT2D eigenvalue weighted by Gasteiger charge is 2.07. The van der Waals surface area contributed by atoms with E-state index in [1.54, 1.807) is 41.2 Å². The van der Waals surface area contributed by atoms with Gasteiger partial charge >= 0.3 is 0 Å². The number of aromatic nitrogens is 2. The Labute approximate surface area is 138 Å². The highest BCUT2D eigenvalue weighted by Crippen LogP contribution is 2.15. The van der Waals surface area contributed by atoms with Gasteiger partial charge in [0, 0.05) is 17.3 Å². The fourth-order valence-electron chi connectivity index (χ4n) is 1.97. The molecule has 0 atom stereocenters. The Morgan fingerprint density at radius 2 is 1.83 bits per heavy atom. The molecule has 6 heteroatoms. The molecule has 0 radical (unpaired) electrons. The van der Waals surface area contributed by atoms with Crippen molar-refractivity contribution in [1.82, 2.24) is 9.78 Å². The molecule has 1 N–H and O–H groups in total. The van der Waals surface area contributed by atoms with Gasteiger partial charge in [0.2, 0.25) is 0 Å². The molecule has 0 saturated carbocycles. The molecule has 0 fully saturated rings. The van der Waals surface area contributed by atoms with E-state index in [9.17, 15) is 4.79 Å². The molecular formula is C17H14ClN3O2. The Morgan fingerprint density at radius 1 is 1.09 bits per heavy atom. The number of anilines is 1. The number of nitrogens with zero attached hydrogens (tertiary/aromatic N) is 2. The summed E-state index contributed by atoms with van der Waals surface area (Å²) < 4.78 is 7.07. The Hall–Kier alpha value is -2.79. The van der Waals surface area contributed by atoms with Crippen molar-refractivity contribution in [1.29, 1.82) is 0 Å². The van der Waals surface area contributed by atoms with Crippen molar-refractivity contribution >= 4 is 23.3 Å². The summed E-state index contributed by atoms with van der Waals surface area (Å²) in [6.45, 7) is -0.0974. The number of halogens is 1. The molecule has 1 aromatic heterocycles. The van der Waals surface area contributed by atoms with Gasteiger partial charge in [0.25, 0.3) is 5.91 Å². The van der Waals surface area contributed by atoms with E-state index in [2.05, 4.69) is 10.4 Å². The average molecular weight is 328 g/mol. The number of ether oxygens (including phenoxy) is 1. The van der Waals surface area contributed by atoms with Crippen molar-refractivity contribution in [3.05, 3.63) is 71.9 Å². The van der Waals surface area contributed by atoms with Crippen molar-refractivity contribution in [2.45, 2.75) is 0 Å². The van der Waals surface area contributed by atoms with Crippen LogP contribution >= 0.6 is 11.6 Å². The molecule has 1 heterocycles. The summed E-state index contributed by atoms with van der Waals surface area (Å²) in [6, 6.07) is 18.2. The van der Waals surface area contributed by atoms with Crippen molar-refractivity contribution in [3.63, 3.8) is 0 Å². The predicted molar refractivity (Wildman–Crippen MR) is 89.1 cm³/mol. The standard InChI is InChI=1S/C17H14ClN3O2/c18-13-6-8-15(9-7-13)23-12-17(22)19-16-10-11-21(20-16)14-4-2-1-3-5-14/h1-11H,12H2,(H,19,20,22). The minimum atomic E-state index is -0.279. The average Bonchev–Trinajstić information content (AvgIpc) is 3.04. The number of hydrogen-bond donors (Lipinski definition) is 1. The highest BCUT2D eigenvalue weighted by molar-refractivity contribution is 6.30. The monoisotopic (exact) mass is 327 g/mol. The van der Waals surface area contributed by atoms with E-state index < -0.39 is 0 Å². The molecular weight excluding hydrogens is 314 g/mol. The molecule has 0 aliphatic rings. The van der Waals surface area contributed by atoms with E-state index in [1.807, 2.05) is 30.3 Å². The molecule has 23 heavy (non-hydrogen) atoms. The van der Waals surface area contributed by atoms with Gasteiger partial charge in [-0.15, -0.1) is 0 Å². The smallest absolute Gasteiger partial charge is 0.263 e. The van der Waals surface area contributed by atoms with Gasteiger partial charge < -0.3 is 10.1 Å². The Bertz CT molecular complexity index is 785. The minimum Gasteiger partial charge on any atom is -0.484 e. The van der Waals surface area contributed by atoms with E-state index in [0.717, 1.165) is 5.69 Å². The number of amides is 1. The largest absolute Gasteiger partial charge is 0.484 e. The second-order valence-corrected chi connectivity index (χ2v) is 5.21. The molecule has 0 aliphatic heterocycles. The van der Waals surface area contributed by atoms with Gasteiger partial charge in [-0.1, -0.05) is 29.8 Å². The summed E-state index contributed by atoms with van der Waals surface area (Å²) in [5.74, 6) is 0.774. The number of nitrogens with one attached hydrogen (secondary N) is 1. The first-order chi connectivity index (χ1) is 11.2. The molecule has 3 aromatic rings. The number of para-hydroxylation sites is 1. The first-order valence-electron chi connectivity index (χ1n) is 7.00. The van der Waals surface area contributed by atoms with Crippen LogP contribution in [0.15, 0.2) is 66.9 Å². The number of hydrogen-bond acceptors (Lipinski definition) is 3. The molecule has 116 valence electrons. The fraction of sp³-hybridized carbons (Fsp3) is 0.0588. The summed E-state index contributed by atoms with van der Waals surface area (Å²) >= 11 is 5.79. The second-order valence-electron chi connectivity index (χ2n) is 4.77. The van der Waals surface area contributed by atoms with Gasteiger partial charge in [-0.2, -0.15) is 5.10 Å². The van der Waals surface area contributed by atoms with Crippen molar-refractivity contribution in [2.75, 3.05) is 11.9 Å². The SMILES string of the molecule is O=C(COc1ccc(Cl)cc1)Nc1ccn(-c2ccccc2)n1. The fourth-order valence-corrected chi connectivity index (χ4v) is 2.10. The third kappa shape index (κ3) is 4.11. The van der Waals surface area contributed by atoms with Crippen LogP contribution in [0.5, 0.6) is 5.75 Å². The van der Waals surface area contributed by atoms with Crippen LogP contribution in [0.3, 0.4) is 0 Å². The first kappa shape index (κ1) is 15.1. The highest BCUT2D eigenvalue weighted by atomic mass is 35.5. The molecule has 2 aromatic carbocycles. The maximum atomic E-state index is 11.9. The minimum absolute atomic E-state index is 0.0974. The van der Waals surface area contributed by atoms with Crippen molar-refractivity contribution < 1.29 is 9.53 Å². The van der Waals surface area contributed by atoms with Crippen LogP contribution in [0, 0.1) is 0 Å². The van der Waals surface area contributed by atoms with Crippen LogP contribution < -0.4 is 10.1 Å². The lowest BCUT2D eigenvalue weighted by Gasteiger charge is -2.06. The van der Waals surface area contributed by atoms with Crippen LogP contribution in [0.1, 0.15) is 0 Å². The third-order valence-electron chi connectivity index (χ3n) is 3.06. The summed E-state index contributed by atoms with van der Waals surface area (Å²) in [6.07, 6.45) is 1.78. The van der Waals surface area contributed by atoms with E-state index in [1.165, 1.54) is 0 Å². The molecule has 0 spiro atoms. The van der Waals surface area contributed by atoms with Gasteiger partial charge in [0.1, 0.15) is 5.75 Å². The maximum absolute atomic E-state index is 11.9. The van der Waals surface area contributed by atoms with Crippen molar-refractivity contribution in [2.24, 2.45) is 0 Å². The molecule has 0 saturated heterocycles. The van der Waals surface area contributed by atoms with E-state index in [4.69, 9.17) is 16.3 Å². The normalized spacial score (nSPS) is 10.3. The molecule has 1 amide bonds. The van der Waals surface area contributed by atoms with Gasteiger partial charge in [-0.05, 0) is 36.4 Å². The van der Waals surface area contributed by atoms with E-state index >= 15 is 0 Å². The first-order valence-corrected chi connectivity index (χ1v) is 7.38. The van der Waals surface area contributed by atoms with Gasteiger partial charge in [-0.25, -0.2) is 4.68 Å².